The standard InChI is InChI=1S/C11H19N3O/c1-3-9(6-7-15)14-11-10(12)5-4-8(2)13-11/h4-5,9,15H,3,6-7,12H2,1-2H3,(H,13,14). The number of aliphatic hydroxyl groups excluding tert-OH is 1. The summed E-state index contributed by atoms with van der Waals surface area (Å²) in [5, 5.41) is 12.1. The van der Waals surface area contributed by atoms with Gasteiger partial charge in [0.2, 0.25) is 0 Å². The highest BCUT2D eigenvalue weighted by atomic mass is 16.3. The molecule has 0 aliphatic heterocycles. The third-order valence-corrected chi connectivity index (χ3v) is 2.38. The second-order valence-corrected chi connectivity index (χ2v) is 3.65. The van der Waals surface area contributed by atoms with Gasteiger partial charge < -0.3 is 16.2 Å². The zero-order valence-electron chi connectivity index (χ0n) is 9.33. The summed E-state index contributed by atoms with van der Waals surface area (Å²) in [4.78, 5) is 4.32. The molecule has 0 aliphatic carbocycles. The fourth-order valence-electron chi connectivity index (χ4n) is 1.41. The number of aromatic nitrogens is 1. The smallest absolute Gasteiger partial charge is 0.149 e. The van der Waals surface area contributed by atoms with Gasteiger partial charge in [-0.1, -0.05) is 6.92 Å². The molecular weight excluding hydrogens is 190 g/mol. The summed E-state index contributed by atoms with van der Waals surface area (Å²) in [6, 6.07) is 3.95. The molecule has 0 fully saturated rings. The van der Waals surface area contributed by atoms with Crippen LogP contribution in [-0.2, 0) is 0 Å². The fourth-order valence-corrected chi connectivity index (χ4v) is 1.41. The highest BCUT2D eigenvalue weighted by molar-refractivity contribution is 5.61. The molecule has 0 amide bonds. The van der Waals surface area contributed by atoms with Crippen LogP contribution in [0.2, 0.25) is 0 Å². The van der Waals surface area contributed by atoms with Crippen LogP contribution in [-0.4, -0.2) is 22.7 Å². The number of rotatable bonds is 5. The molecule has 1 atom stereocenters. The van der Waals surface area contributed by atoms with Gasteiger partial charge in [-0.25, -0.2) is 4.98 Å². The molecule has 4 nitrogen and oxygen atoms in total. The second-order valence-electron chi connectivity index (χ2n) is 3.65. The molecule has 1 rings (SSSR count). The van der Waals surface area contributed by atoms with Gasteiger partial charge in [0.05, 0.1) is 5.69 Å². The Labute approximate surface area is 90.5 Å². The van der Waals surface area contributed by atoms with E-state index < -0.39 is 0 Å². The molecule has 0 saturated heterocycles. The minimum atomic E-state index is 0.178. The predicted molar refractivity (Wildman–Crippen MR) is 62.8 cm³/mol. The molecule has 4 N–H and O–H groups in total. The van der Waals surface area contributed by atoms with Crippen LogP contribution in [0.3, 0.4) is 0 Å². The first kappa shape index (κ1) is 11.8. The monoisotopic (exact) mass is 209 g/mol. The Morgan fingerprint density at radius 2 is 2.27 bits per heavy atom. The topological polar surface area (TPSA) is 71.2 Å². The number of hydrogen-bond acceptors (Lipinski definition) is 4. The van der Waals surface area contributed by atoms with E-state index in [0.717, 1.165) is 17.9 Å². The van der Waals surface area contributed by atoms with Gasteiger partial charge in [-0.05, 0) is 31.9 Å². The van der Waals surface area contributed by atoms with Gasteiger partial charge in [-0.2, -0.15) is 0 Å². The molecule has 1 aromatic heterocycles. The molecular formula is C11H19N3O. The molecule has 4 heteroatoms. The van der Waals surface area contributed by atoms with Gasteiger partial charge in [0, 0.05) is 18.3 Å². The Balaban J connectivity index is 2.73. The van der Waals surface area contributed by atoms with E-state index in [9.17, 15) is 0 Å². The van der Waals surface area contributed by atoms with Crippen molar-refractivity contribution in [1.82, 2.24) is 4.98 Å². The first-order valence-electron chi connectivity index (χ1n) is 5.28. The summed E-state index contributed by atoms with van der Waals surface area (Å²) in [5.41, 5.74) is 7.39. The van der Waals surface area contributed by atoms with Crippen LogP contribution in [0.5, 0.6) is 0 Å². The number of hydrogen-bond donors (Lipinski definition) is 3. The normalized spacial score (nSPS) is 12.5. The van der Waals surface area contributed by atoms with Gasteiger partial charge in [0.25, 0.3) is 0 Å². The molecule has 0 aliphatic rings. The molecule has 0 radical (unpaired) electrons. The van der Waals surface area contributed by atoms with Crippen LogP contribution in [0.4, 0.5) is 11.5 Å². The number of nitrogen functional groups attached to an aromatic ring is 1. The molecule has 0 aromatic carbocycles. The van der Waals surface area contributed by atoms with E-state index in [1.54, 1.807) is 0 Å². The highest BCUT2D eigenvalue weighted by Gasteiger charge is 2.08. The summed E-state index contributed by atoms with van der Waals surface area (Å²) in [5.74, 6) is 0.718. The zero-order valence-corrected chi connectivity index (χ0v) is 9.33. The molecule has 15 heavy (non-hydrogen) atoms. The van der Waals surface area contributed by atoms with Crippen LogP contribution >= 0.6 is 0 Å². The predicted octanol–water partition coefficient (Wildman–Crippen LogP) is 1.55. The van der Waals surface area contributed by atoms with E-state index >= 15 is 0 Å². The van der Waals surface area contributed by atoms with Crippen molar-refractivity contribution in [2.45, 2.75) is 32.7 Å². The maximum absolute atomic E-state index is 8.88. The maximum Gasteiger partial charge on any atom is 0.149 e. The van der Waals surface area contributed by atoms with E-state index in [-0.39, 0.29) is 12.6 Å². The lowest BCUT2D eigenvalue weighted by Crippen LogP contribution is -2.21. The number of nitrogens with one attached hydrogen (secondary N) is 1. The van der Waals surface area contributed by atoms with Gasteiger partial charge >= 0.3 is 0 Å². The summed E-state index contributed by atoms with van der Waals surface area (Å²) in [6.07, 6.45) is 1.65. The number of aryl methyl sites for hydroxylation is 1. The number of anilines is 2. The number of aliphatic hydroxyl groups is 1. The molecule has 0 spiro atoms. The number of nitrogens with two attached hydrogens (primary N) is 1. The van der Waals surface area contributed by atoms with Crippen LogP contribution < -0.4 is 11.1 Å². The highest BCUT2D eigenvalue weighted by Crippen LogP contribution is 2.17. The van der Waals surface area contributed by atoms with Gasteiger partial charge in [-0.15, -0.1) is 0 Å². The van der Waals surface area contributed by atoms with Gasteiger partial charge in [0.1, 0.15) is 5.82 Å². The fraction of sp³-hybridized carbons (Fsp3) is 0.545. The molecule has 84 valence electrons. The largest absolute Gasteiger partial charge is 0.396 e. The van der Waals surface area contributed by atoms with Crippen molar-refractivity contribution in [2.24, 2.45) is 0 Å². The van der Waals surface area contributed by atoms with Gasteiger partial charge in [0.15, 0.2) is 0 Å². The minimum absolute atomic E-state index is 0.178. The summed E-state index contributed by atoms with van der Waals surface area (Å²) in [7, 11) is 0. The Bertz CT molecular complexity index is 315. The summed E-state index contributed by atoms with van der Waals surface area (Å²) in [6.45, 7) is 4.17. The van der Waals surface area contributed by atoms with Crippen molar-refractivity contribution < 1.29 is 5.11 Å². The second kappa shape index (κ2) is 5.56. The van der Waals surface area contributed by atoms with Crippen LogP contribution in [0.1, 0.15) is 25.5 Å². The third-order valence-electron chi connectivity index (χ3n) is 2.38. The first-order chi connectivity index (χ1) is 7.17. The van der Waals surface area contributed by atoms with E-state index in [0.29, 0.717) is 12.1 Å². The lowest BCUT2D eigenvalue weighted by Gasteiger charge is -2.17. The number of nitrogens with zero attached hydrogens (tertiary/aromatic N) is 1. The van der Waals surface area contributed by atoms with E-state index in [1.807, 2.05) is 19.1 Å². The Kier molecular flexibility index (Phi) is 4.37. The Hall–Kier alpha value is -1.29. The SMILES string of the molecule is CCC(CCO)Nc1nc(C)ccc1N. The van der Waals surface area contributed by atoms with Crippen molar-refractivity contribution in [3.05, 3.63) is 17.8 Å². The molecule has 0 saturated carbocycles. The average molecular weight is 209 g/mol. The van der Waals surface area contributed by atoms with Crippen molar-refractivity contribution in [3.8, 4) is 0 Å². The van der Waals surface area contributed by atoms with E-state index in [1.165, 1.54) is 0 Å². The van der Waals surface area contributed by atoms with Crippen molar-refractivity contribution in [1.29, 1.82) is 0 Å². The van der Waals surface area contributed by atoms with Crippen LogP contribution in [0.25, 0.3) is 0 Å². The molecule has 1 unspecified atom stereocenters. The average Bonchev–Trinajstić information content (AvgIpc) is 2.22. The van der Waals surface area contributed by atoms with E-state index in [4.69, 9.17) is 10.8 Å². The van der Waals surface area contributed by atoms with Crippen molar-refractivity contribution >= 4 is 11.5 Å². The minimum Gasteiger partial charge on any atom is -0.396 e. The quantitative estimate of drug-likeness (QED) is 0.688. The zero-order chi connectivity index (χ0) is 11.3. The lowest BCUT2D eigenvalue weighted by molar-refractivity contribution is 0.278. The van der Waals surface area contributed by atoms with Gasteiger partial charge in [-0.3, -0.25) is 0 Å². The van der Waals surface area contributed by atoms with E-state index in [2.05, 4.69) is 17.2 Å². The maximum atomic E-state index is 8.88. The third kappa shape index (κ3) is 3.40. The molecule has 0 bridgehead atoms. The molecule has 1 heterocycles. The Morgan fingerprint density at radius 3 is 2.87 bits per heavy atom. The van der Waals surface area contributed by atoms with Crippen molar-refractivity contribution in [2.75, 3.05) is 17.7 Å². The van der Waals surface area contributed by atoms with Crippen molar-refractivity contribution in [3.63, 3.8) is 0 Å². The van der Waals surface area contributed by atoms with Crippen LogP contribution in [0.15, 0.2) is 12.1 Å². The summed E-state index contributed by atoms with van der Waals surface area (Å²) >= 11 is 0. The summed E-state index contributed by atoms with van der Waals surface area (Å²) < 4.78 is 0. The lowest BCUT2D eigenvalue weighted by atomic mass is 10.1. The van der Waals surface area contributed by atoms with Crippen LogP contribution in [0, 0.1) is 6.92 Å². The first-order valence-corrected chi connectivity index (χ1v) is 5.28. The Morgan fingerprint density at radius 1 is 1.53 bits per heavy atom. The number of pyridine rings is 1. The molecule has 1 aromatic rings.